The van der Waals surface area contributed by atoms with Crippen LogP contribution in [0.1, 0.15) is 80.1 Å². The predicted octanol–water partition coefficient (Wildman–Crippen LogP) is 5.88. The SMILES string of the molecule is CCC(C)CCOC(=O)C(CC)SSC(CC)C(=O)OCCC(C)CC. The van der Waals surface area contributed by atoms with Crippen molar-refractivity contribution in [1.29, 1.82) is 0 Å². The molecular weight excluding hydrogens is 368 g/mol. The van der Waals surface area contributed by atoms with Crippen LogP contribution in [0, 0.1) is 11.8 Å². The molecule has 0 spiro atoms. The van der Waals surface area contributed by atoms with Crippen LogP contribution in [0.25, 0.3) is 0 Å². The van der Waals surface area contributed by atoms with Gasteiger partial charge in [0.25, 0.3) is 0 Å². The Morgan fingerprint density at radius 3 is 1.31 bits per heavy atom. The molecule has 0 radical (unpaired) electrons. The lowest BCUT2D eigenvalue weighted by Crippen LogP contribution is -2.23. The monoisotopic (exact) mass is 406 g/mol. The van der Waals surface area contributed by atoms with Crippen molar-refractivity contribution < 1.29 is 19.1 Å². The molecule has 0 bridgehead atoms. The van der Waals surface area contributed by atoms with Gasteiger partial charge < -0.3 is 9.47 Å². The van der Waals surface area contributed by atoms with Gasteiger partial charge in [0.05, 0.1) is 13.2 Å². The van der Waals surface area contributed by atoms with Gasteiger partial charge in [-0.1, -0.05) is 76.0 Å². The van der Waals surface area contributed by atoms with Crippen LogP contribution in [-0.4, -0.2) is 35.7 Å². The Hall–Kier alpha value is -0.360. The second kappa shape index (κ2) is 15.7. The van der Waals surface area contributed by atoms with Crippen LogP contribution in [-0.2, 0) is 19.1 Å². The van der Waals surface area contributed by atoms with Crippen LogP contribution in [0.15, 0.2) is 0 Å². The average molecular weight is 407 g/mol. The predicted molar refractivity (Wildman–Crippen MR) is 113 cm³/mol. The lowest BCUT2D eigenvalue weighted by molar-refractivity contribution is -0.144. The van der Waals surface area contributed by atoms with Crippen molar-refractivity contribution in [2.45, 2.75) is 90.6 Å². The first-order chi connectivity index (χ1) is 12.4. The first-order valence-electron chi connectivity index (χ1n) is 10.0. The molecular formula is C20H38O4S2. The van der Waals surface area contributed by atoms with E-state index in [2.05, 4.69) is 27.7 Å². The van der Waals surface area contributed by atoms with E-state index in [9.17, 15) is 9.59 Å². The van der Waals surface area contributed by atoms with E-state index in [4.69, 9.17) is 9.47 Å². The highest BCUT2D eigenvalue weighted by Crippen LogP contribution is 2.35. The topological polar surface area (TPSA) is 52.6 Å². The number of rotatable bonds is 15. The highest BCUT2D eigenvalue weighted by molar-refractivity contribution is 8.77. The zero-order chi connectivity index (χ0) is 19.9. The second-order valence-electron chi connectivity index (χ2n) is 6.93. The Bertz CT molecular complexity index is 354. The van der Waals surface area contributed by atoms with Gasteiger partial charge in [0.1, 0.15) is 10.5 Å². The van der Waals surface area contributed by atoms with Gasteiger partial charge in [-0.2, -0.15) is 0 Å². The van der Waals surface area contributed by atoms with Crippen molar-refractivity contribution in [3.05, 3.63) is 0 Å². The molecule has 0 fully saturated rings. The molecule has 0 aliphatic heterocycles. The normalized spacial score (nSPS) is 15.8. The summed E-state index contributed by atoms with van der Waals surface area (Å²) >= 11 is 0. The molecule has 6 heteroatoms. The number of carbonyl (C=O) groups excluding carboxylic acids is 2. The van der Waals surface area contributed by atoms with E-state index < -0.39 is 0 Å². The van der Waals surface area contributed by atoms with E-state index in [1.807, 2.05) is 13.8 Å². The average Bonchev–Trinajstić information content (AvgIpc) is 2.64. The van der Waals surface area contributed by atoms with Gasteiger partial charge in [-0.3, -0.25) is 9.59 Å². The third-order valence-corrected chi connectivity index (χ3v) is 8.01. The number of esters is 2. The van der Waals surface area contributed by atoms with E-state index in [0.29, 0.717) is 37.9 Å². The minimum Gasteiger partial charge on any atom is -0.465 e. The van der Waals surface area contributed by atoms with Crippen molar-refractivity contribution in [3.63, 3.8) is 0 Å². The van der Waals surface area contributed by atoms with Crippen LogP contribution in [0.5, 0.6) is 0 Å². The maximum absolute atomic E-state index is 12.2. The van der Waals surface area contributed by atoms with Gasteiger partial charge in [-0.05, 0) is 37.5 Å². The minimum atomic E-state index is -0.237. The molecule has 0 aromatic rings. The van der Waals surface area contributed by atoms with Gasteiger partial charge in [0.15, 0.2) is 0 Å². The molecule has 4 atom stereocenters. The fourth-order valence-electron chi connectivity index (χ4n) is 2.00. The third-order valence-electron chi connectivity index (χ3n) is 4.66. The molecule has 0 aromatic carbocycles. The Kier molecular flexibility index (Phi) is 15.5. The number of ether oxygens (including phenoxy) is 2. The van der Waals surface area contributed by atoms with Gasteiger partial charge in [-0.25, -0.2) is 0 Å². The van der Waals surface area contributed by atoms with E-state index in [1.165, 1.54) is 21.6 Å². The fourth-order valence-corrected chi connectivity index (χ4v) is 4.92. The van der Waals surface area contributed by atoms with Crippen molar-refractivity contribution >= 4 is 33.5 Å². The van der Waals surface area contributed by atoms with Crippen molar-refractivity contribution in [2.24, 2.45) is 11.8 Å². The molecule has 0 aliphatic rings. The van der Waals surface area contributed by atoms with Crippen molar-refractivity contribution in [1.82, 2.24) is 0 Å². The van der Waals surface area contributed by atoms with Gasteiger partial charge in [0.2, 0.25) is 0 Å². The third kappa shape index (κ3) is 11.4. The lowest BCUT2D eigenvalue weighted by atomic mass is 10.1. The largest absolute Gasteiger partial charge is 0.465 e. The summed E-state index contributed by atoms with van der Waals surface area (Å²) in [5.41, 5.74) is 0. The zero-order valence-electron chi connectivity index (χ0n) is 17.4. The number of carbonyl (C=O) groups is 2. The fraction of sp³-hybridized carbons (Fsp3) is 0.900. The zero-order valence-corrected chi connectivity index (χ0v) is 19.0. The highest BCUT2D eigenvalue weighted by atomic mass is 33.1. The maximum atomic E-state index is 12.2. The molecule has 154 valence electrons. The molecule has 0 N–H and O–H groups in total. The van der Waals surface area contributed by atoms with Gasteiger partial charge in [0, 0.05) is 0 Å². The summed E-state index contributed by atoms with van der Waals surface area (Å²) in [5.74, 6) is 0.792. The van der Waals surface area contributed by atoms with Gasteiger partial charge >= 0.3 is 11.9 Å². The molecule has 0 saturated heterocycles. The highest BCUT2D eigenvalue weighted by Gasteiger charge is 2.25. The molecule has 0 aliphatic carbocycles. The molecule has 4 unspecified atom stereocenters. The molecule has 0 aromatic heterocycles. The van der Waals surface area contributed by atoms with E-state index >= 15 is 0 Å². The Morgan fingerprint density at radius 2 is 1.04 bits per heavy atom. The standard InChI is InChI=1S/C20H38O4S2/c1-7-15(5)11-13-23-19(21)17(9-3)25-26-18(10-4)20(22)24-14-12-16(6)8-2/h15-18H,7-14H2,1-6H3. The van der Waals surface area contributed by atoms with Crippen molar-refractivity contribution in [2.75, 3.05) is 13.2 Å². The Labute approximate surface area is 168 Å². The molecule has 0 heterocycles. The molecule has 4 nitrogen and oxygen atoms in total. The first-order valence-corrected chi connectivity index (χ1v) is 12.3. The lowest BCUT2D eigenvalue weighted by Gasteiger charge is -2.18. The van der Waals surface area contributed by atoms with Crippen LogP contribution in [0.4, 0.5) is 0 Å². The summed E-state index contributed by atoms with van der Waals surface area (Å²) in [6, 6.07) is 0. The van der Waals surface area contributed by atoms with E-state index in [1.54, 1.807) is 0 Å². The summed E-state index contributed by atoms with van der Waals surface area (Å²) in [6.07, 6.45) is 5.37. The molecule has 0 amide bonds. The van der Waals surface area contributed by atoms with Crippen LogP contribution in [0.2, 0.25) is 0 Å². The maximum Gasteiger partial charge on any atom is 0.319 e. The molecule has 0 rings (SSSR count). The number of hydrogen-bond donors (Lipinski definition) is 0. The van der Waals surface area contributed by atoms with E-state index in [0.717, 1.165) is 25.7 Å². The van der Waals surface area contributed by atoms with Crippen LogP contribution in [0.3, 0.4) is 0 Å². The smallest absolute Gasteiger partial charge is 0.319 e. The molecule has 26 heavy (non-hydrogen) atoms. The minimum absolute atomic E-state index is 0.173. The summed E-state index contributed by atoms with van der Waals surface area (Å²) in [4.78, 5) is 24.4. The van der Waals surface area contributed by atoms with Crippen LogP contribution >= 0.6 is 21.6 Å². The van der Waals surface area contributed by atoms with E-state index in [-0.39, 0.29) is 22.4 Å². The Morgan fingerprint density at radius 1 is 0.692 bits per heavy atom. The summed E-state index contributed by atoms with van der Waals surface area (Å²) < 4.78 is 10.8. The first kappa shape index (κ1) is 25.6. The summed E-state index contributed by atoms with van der Waals surface area (Å²) in [6.45, 7) is 13.5. The quantitative estimate of drug-likeness (QED) is 0.250. The number of hydrogen-bond acceptors (Lipinski definition) is 6. The van der Waals surface area contributed by atoms with Crippen molar-refractivity contribution in [3.8, 4) is 0 Å². The summed E-state index contributed by atoms with van der Waals surface area (Å²) in [7, 11) is 2.88. The van der Waals surface area contributed by atoms with Gasteiger partial charge in [-0.15, -0.1) is 0 Å². The Balaban J connectivity index is 4.27. The summed E-state index contributed by atoms with van der Waals surface area (Å²) in [5, 5.41) is -0.474. The van der Waals surface area contributed by atoms with Crippen LogP contribution < -0.4 is 0 Å². The second-order valence-corrected chi connectivity index (χ2v) is 9.60. The molecule has 0 saturated carbocycles.